The minimum absolute atomic E-state index is 0.304. The van der Waals surface area contributed by atoms with Gasteiger partial charge in [0.15, 0.2) is 5.96 Å². The maximum Gasteiger partial charge on any atom is 0.193 e. The van der Waals surface area contributed by atoms with Gasteiger partial charge in [0.2, 0.25) is 0 Å². The van der Waals surface area contributed by atoms with Crippen LogP contribution in [0.1, 0.15) is 16.7 Å². The third-order valence-electron chi connectivity index (χ3n) is 4.62. The number of H-pyrrole nitrogens is 1. The summed E-state index contributed by atoms with van der Waals surface area (Å²) in [5.41, 5.74) is 2.16. The van der Waals surface area contributed by atoms with Gasteiger partial charge in [0.1, 0.15) is 5.82 Å². The molecule has 0 bridgehead atoms. The van der Waals surface area contributed by atoms with Crippen LogP contribution in [0.15, 0.2) is 59.0 Å². The second-order valence-corrected chi connectivity index (χ2v) is 7.87. The molecule has 0 aliphatic heterocycles. The minimum atomic E-state index is 0.304. The Morgan fingerprint density at radius 2 is 1.96 bits per heavy atom. The molecule has 0 radical (unpaired) electrons. The number of rotatable bonds is 7. The standard InChI is InChI=1S/C21H28N6S/c1-22-21(24-14-18(26(2)3)19-11-8-12-28-19)27(4)15-20-23-13-17(25-20)16-9-6-5-7-10-16/h5-13,18H,14-15H2,1-4H3,(H,22,24)(H,23,25). The molecule has 1 unspecified atom stereocenters. The third kappa shape index (κ3) is 4.99. The fourth-order valence-corrected chi connectivity index (χ4v) is 4.02. The van der Waals surface area contributed by atoms with Crippen molar-refractivity contribution in [2.75, 3.05) is 34.7 Å². The second-order valence-electron chi connectivity index (χ2n) is 6.89. The molecule has 6 nitrogen and oxygen atoms in total. The molecule has 0 saturated heterocycles. The molecule has 148 valence electrons. The molecule has 1 aromatic carbocycles. The summed E-state index contributed by atoms with van der Waals surface area (Å²) in [4.78, 5) is 18.0. The summed E-state index contributed by atoms with van der Waals surface area (Å²) >= 11 is 1.78. The van der Waals surface area contributed by atoms with E-state index < -0.39 is 0 Å². The lowest BCUT2D eigenvalue weighted by Crippen LogP contribution is -2.42. The molecule has 0 aliphatic carbocycles. The van der Waals surface area contributed by atoms with Gasteiger partial charge in [0.25, 0.3) is 0 Å². The number of imidazole rings is 1. The highest BCUT2D eigenvalue weighted by Gasteiger charge is 2.17. The van der Waals surface area contributed by atoms with E-state index in [1.807, 2.05) is 38.5 Å². The number of likely N-dealkylation sites (N-methyl/N-ethyl adjacent to an activating group) is 1. The average Bonchev–Trinajstić information content (AvgIpc) is 3.38. The van der Waals surface area contributed by atoms with Crippen molar-refractivity contribution >= 4 is 17.3 Å². The van der Waals surface area contributed by atoms with E-state index in [1.165, 1.54) is 4.88 Å². The molecule has 0 fully saturated rings. The molecule has 0 aliphatic rings. The normalized spacial score (nSPS) is 13.0. The maximum atomic E-state index is 4.53. The number of aromatic amines is 1. The first-order valence-corrected chi connectivity index (χ1v) is 10.2. The molecule has 2 heterocycles. The van der Waals surface area contributed by atoms with Crippen molar-refractivity contribution in [3.05, 3.63) is 64.7 Å². The van der Waals surface area contributed by atoms with Crippen LogP contribution in [0, 0.1) is 0 Å². The highest BCUT2D eigenvalue weighted by molar-refractivity contribution is 7.10. The number of nitrogens with one attached hydrogen (secondary N) is 2. The Morgan fingerprint density at radius 3 is 2.61 bits per heavy atom. The predicted octanol–water partition coefficient (Wildman–Crippen LogP) is 3.45. The van der Waals surface area contributed by atoms with Crippen LogP contribution in [-0.2, 0) is 6.54 Å². The van der Waals surface area contributed by atoms with Crippen LogP contribution in [0.4, 0.5) is 0 Å². The zero-order valence-electron chi connectivity index (χ0n) is 16.9. The molecule has 0 amide bonds. The number of guanidine groups is 1. The number of aliphatic imine (C=N–C) groups is 1. The van der Waals surface area contributed by atoms with E-state index in [2.05, 4.69) is 73.8 Å². The summed E-state index contributed by atoms with van der Waals surface area (Å²) < 4.78 is 0. The zero-order chi connectivity index (χ0) is 19.9. The van der Waals surface area contributed by atoms with Crippen LogP contribution >= 0.6 is 11.3 Å². The first kappa shape index (κ1) is 20.1. The summed E-state index contributed by atoms with van der Waals surface area (Å²) in [5, 5.41) is 5.62. The average molecular weight is 397 g/mol. The molecule has 28 heavy (non-hydrogen) atoms. The van der Waals surface area contributed by atoms with Crippen LogP contribution in [0.3, 0.4) is 0 Å². The quantitative estimate of drug-likeness (QED) is 0.474. The van der Waals surface area contributed by atoms with Crippen LogP contribution in [-0.4, -0.2) is 60.5 Å². The molecule has 3 aromatic rings. The molecular formula is C21H28N6S. The Hall–Kier alpha value is -2.64. The number of hydrogen-bond acceptors (Lipinski definition) is 4. The topological polar surface area (TPSA) is 59.6 Å². The Morgan fingerprint density at radius 1 is 1.18 bits per heavy atom. The fraction of sp³-hybridized carbons (Fsp3) is 0.333. The molecule has 2 N–H and O–H groups in total. The van der Waals surface area contributed by atoms with Gasteiger partial charge in [-0.1, -0.05) is 36.4 Å². The summed E-state index contributed by atoms with van der Waals surface area (Å²) in [6.45, 7) is 1.44. The highest BCUT2D eigenvalue weighted by atomic mass is 32.1. The lowest BCUT2D eigenvalue weighted by molar-refractivity contribution is 0.299. The van der Waals surface area contributed by atoms with E-state index in [0.29, 0.717) is 12.6 Å². The van der Waals surface area contributed by atoms with E-state index >= 15 is 0 Å². The number of thiophene rings is 1. The van der Waals surface area contributed by atoms with Crippen molar-refractivity contribution < 1.29 is 0 Å². The van der Waals surface area contributed by atoms with E-state index in [9.17, 15) is 0 Å². The Kier molecular flexibility index (Phi) is 6.84. The van der Waals surface area contributed by atoms with E-state index in [-0.39, 0.29) is 0 Å². The van der Waals surface area contributed by atoms with Gasteiger partial charge in [-0.25, -0.2) is 4.98 Å². The van der Waals surface area contributed by atoms with E-state index in [4.69, 9.17) is 0 Å². The van der Waals surface area contributed by atoms with Crippen LogP contribution in [0.2, 0.25) is 0 Å². The largest absolute Gasteiger partial charge is 0.354 e. The van der Waals surface area contributed by atoms with Crippen molar-refractivity contribution in [2.45, 2.75) is 12.6 Å². The predicted molar refractivity (Wildman–Crippen MR) is 118 cm³/mol. The summed E-state index contributed by atoms with van der Waals surface area (Å²) in [6.07, 6.45) is 1.88. The van der Waals surface area contributed by atoms with Crippen molar-refractivity contribution in [2.24, 2.45) is 4.99 Å². The SMILES string of the molecule is CN=C(NCC(c1cccs1)N(C)C)N(C)Cc1ncc(-c2ccccc2)[nH]1. The number of hydrogen-bond donors (Lipinski definition) is 2. The van der Waals surface area contributed by atoms with Gasteiger partial charge in [0.05, 0.1) is 24.5 Å². The van der Waals surface area contributed by atoms with E-state index in [0.717, 1.165) is 29.6 Å². The first-order chi connectivity index (χ1) is 13.6. The van der Waals surface area contributed by atoms with Crippen LogP contribution < -0.4 is 5.32 Å². The Balaban J connectivity index is 1.61. The van der Waals surface area contributed by atoms with Crippen molar-refractivity contribution in [3.8, 4) is 11.3 Å². The van der Waals surface area contributed by atoms with Crippen molar-refractivity contribution in [3.63, 3.8) is 0 Å². The van der Waals surface area contributed by atoms with Crippen LogP contribution in [0.25, 0.3) is 11.3 Å². The lowest BCUT2D eigenvalue weighted by Gasteiger charge is -2.27. The van der Waals surface area contributed by atoms with Gasteiger partial charge in [-0.15, -0.1) is 11.3 Å². The zero-order valence-corrected chi connectivity index (χ0v) is 17.7. The third-order valence-corrected chi connectivity index (χ3v) is 5.60. The molecule has 7 heteroatoms. The molecule has 0 spiro atoms. The molecule has 1 atom stereocenters. The second kappa shape index (κ2) is 9.52. The number of benzene rings is 1. The van der Waals surface area contributed by atoms with Gasteiger partial charge in [-0.3, -0.25) is 4.99 Å². The summed E-state index contributed by atoms with van der Waals surface area (Å²) in [7, 11) is 8.04. The molecule has 2 aromatic heterocycles. The first-order valence-electron chi connectivity index (χ1n) is 9.29. The smallest absolute Gasteiger partial charge is 0.193 e. The van der Waals surface area contributed by atoms with Gasteiger partial charge >= 0.3 is 0 Å². The number of aromatic nitrogens is 2. The Bertz CT molecular complexity index is 869. The minimum Gasteiger partial charge on any atom is -0.354 e. The molecule has 0 saturated carbocycles. The van der Waals surface area contributed by atoms with Gasteiger partial charge < -0.3 is 20.1 Å². The Labute approximate surface area is 170 Å². The lowest BCUT2D eigenvalue weighted by atomic mass is 10.2. The molecular weight excluding hydrogens is 368 g/mol. The van der Waals surface area contributed by atoms with Gasteiger partial charge in [-0.2, -0.15) is 0 Å². The van der Waals surface area contributed by atoms with Gasteiger partial charge in [0, 0.05) is 25.5 Å². The van der Waals surface area contributed by atoms with Crippen molar-refractivity contribution in [1.29, 1.82) is 0 Å². The summed E-state index contributed by atoms with van der Waals surface area (Å²) in [5.74, 6) is 1.76. The fourth-order valence-electron chi connectivity index (χ4n) is 3.10. The monoisotopic (exact) mass is 396 g/mol. The highest BCUT2D eigenvalue weighted by Crippen LogP contribution is 2.22. The van der Waals surface area contributed by atoms with Crippen molar-refractivity contribution in [1.82, 2.24) is 25.1 Å². The van der Waals surface area contributed by atoms with Crippen LogP contribution in [0.5, 0.6) is 0 Å². The number of nitrogens with zero attached hydrogens (tertiary/aromatic N) is 4. The maximum absolute atomic E-state index is 4.53. The van der Waals surface area contributed by atoms with Gasteiger partial charge in [-0.05, 0) is 31.1 Å². The summed E-state index contributed by atoms with van der Waals surface area (Å²) in [6, 6.07) is 14.8. The molecule has 3 rings (SSSR count). The van der Waals surface area contributed by atoms with E-state index in [1.54, 1.807) is 11.3 Å².